The zero-order valence-electron chi connectivity index (χ0n) is 16.2. The van der Waals surface area contributed by atoms with Crippen LogP contribution in [0.4, 0.5) is 5.69 Å². The molecular weight excluding hydrogens is 354 g/mol. The number of aromatic nitrogens is 2. The van der Waals surface area contributed by atoms with E-state index in [0.29, 0.717) is 11.3 Å². The highest BCUT2D eigenvalue weighted by molar-refractivity contribution is 5.95. The summed E-state index contributed by atoms with van der Waals surface area (Å²) in [5, 5.41) is 6.85. The fraction of sp³-hybridized carbons (Fsp3) is 0.227. The van der Waals surface area contributed by atoms with Gasteiger partial charge in [-0.15, -0.1) is 0 Å². The zero-order chi connectivity index (χ0) is 20.1. The summed E-state index contributed by atoms with van der Waals surface area (Å²) in [6.45, 7) is 6.03. The zero-order valence-corrected chi connectivity index (χ0v) is 16.2. The maximum Gasteiger partial charge on any atom is 0.338 e. The van der Waals surface area contributed by atoms with Crippen LogP contribution in [0.1, 0.15) is 36.7 Å². The summed E-state index contributed by atoms with van der Waals surface area (Å²) < 4.78 is 6.79. The van der Waals surface area contributed by atoms with Gasteiger partial charge in [-0.05, 0) is 53.4 Å². The Morgan fingerprint density at radius 1 is 1.04 bits per heavy atom. The van der Waals surface area contributed by atoms with Crippen molar-refractivity contribution in [1.82, 2.24) is 9.78 Å². The Kier molecular flexibility index (Phi) is 5.59. The summed E-state index contributed by atoms with van der Waals surface area (Å²) in [5.74, 6) is -0.935. The standard InChI is InChI=1S/C22H23N3O3/c1-22(2,3)17-7-9-18(10-8-17)24-20(26)15-28-21(27)16-5-11-19(12-6-16)25-14-4-13-23-25/h4-14H,15H2,1-3H3,(H,24,26). The molecule has 0 bridgehead atoms. The Morgan fingerprint density at radius 3 is 2.29 bits per heavy atom. The third-order valence-corrected chi connectivity index (χ3v) is 4.24. The molecule has 2 aromatic carbocycles. The van der Waals surface area contributed by atoms with Crippen molar-refractivity contribution in [2.45, 2.75) is 26.2 Å². The van der Waals surface area contributed by atoms with Crippen molar-refractivity contribution in [2.24, 2.45) is 0 Å². The molecule has 144 valence electrons. The van der Waals surface area contributed by atoms with E-state index in [2.05, 4.69) is 31.2 Å². The van der Waals surface area contributed by atoms with Crippen molar-refractivity contribution in [3.8, 4) is 5.69 Å². The lowest BCUT2D eigenvalue weighted by atomic mass is 9.87. The van der Waals surface area contributed by atoms with E-state index in [9.17, 15) is 9.59 Å². The highest BCUT2D eigenvalue weighted by Crippen LogP contribution is 2.23. The highest BCUT2D eigenvalue weighted by atomic mass is 16.5. The molecule has 1 amide bonds. The van der Waals surface area contributed by atoms with Gasteiger partial charge in [-0.1, -0.05) is 32.9 Å². The third-order valence-electron chi connectivity index (χ3n) is 4.24. The van der Waals surface area contributed by atoms with E-state index in [-0.39, 0.29) is 17.9 Å². The summed E-state index contributed by atoms with van der Waals surface area (Å²) in [6.07, 6.45) is 3.49. The minimum Gasteiger partial charge on any atom is -0.452 e. The van der Waals surface area contributed by atoms with Crippen LogP contribution in [0, 0.1) is 0 Å². The first kappa shape index (κ1) is 19.4. The van der Waals surface area contributed by atoms with Crippen LogP contribution in [0.25, 0.3) is 5.69 Å². The number of carbonyl (C=O) groups excluding carboxylic acids is 2. The maximum atomic E-state index is 12.1. The lowest BCUT2D eigenvalue weighted by Gasteiger charge is -2.19. The highest BCUT2D eigenvalue weighted by Gasteiger charge is 2.14. The van der Waals surface area contributed by atoms with E-state index in [1.807, 2.05) is 36.5 Å². The average Bonchev–Trinajstić information content (AvgIpc) is 3.21. The Balaban J connectivity index is 1.52. The van der Waals surface area contributed by atoms with Crippen molar-refractivity contribution >= 4 is 17.6 Å². The number of amides is 1. The number of carbonyl (C=O) groups is 2. The predicted molar refractivity (Wildman–Crippen MR) is 108 cm³/mol. The first-order valence-electron chi connectivity index (χ1n) is 9.00. The lowest BCUT2D eigenvalue weighted by Crippen LogP contribution is -2.21. The molecular formula is C22H23N3O3. The summed E-state index contributed by atoms with van der Waals surface area (Å²) >= 11 is 0. The van der Waals surface area contributed by atoms with Crippen molar-refractivity contribution in [3.05, 3.63) is 78.1 Å². The van der Waals surface area contributed by atoms with E-state index in [0.717, 1.165) is 5.69 Å². The number of anilines is 1. The summed E-state index contributed by atoms with van der Waals surface area (Å²) in [5.41, 5.74) is 3.09. The molecule has 0 atom stereocenters. The molecule has 1 aromatic heterocycles. The van der Waals surface area contributed by atoms with E-state index in [1.165, 1.54) is 5.56 Å². The van der Waals surface area contributed by atoms with Gasteiger partial charge in [-0.3, -0.25) is 4.79 Å². The number of ether oxygens (including phenoxy) is 1. The summed E-state index contributed by atoms with van der Waals surface area (Å²) in [6, 6.07) is 16.3. The minimum atomic E-state index is -0.551. The van der Waals surface area contributed by atoms with E-state index in [4.69, 9.17) is 4.74 Å². The monoisotopic (exact) mass is 377 g/mol. The number of nitrogens with one attached hydrogen (secondary N) is 1. The fourth-order valence-corrected chi connectivity index (χ4v) is 2.64. The van der Waals surface area contributed by atoms with Crippen LogP contribution < -0.4 is 5.32 Å². The van der Waals surface area contributed by atoms with Gasteiger partial charge in [0.2, 0.25) is 0 Å². The molecule has 0 aliphatic carbocycles. The molecule has 0 unspecified atom stereocenters. The molecule has 1 N–H and O–H groups in total. The minimum absolute atomic E-state index is 0.0467. The number of esters is 1. The van der Waals surface area contributed by atoms with Gasteiger partial charge >= 0.3 is 5.97 Å². The molecule has 0 aliphatic rings. The van der Waals surface area contributed by atoms with Crippen LogP contribution in [0.5, 0.6) is 0 Å². The molecule has 0 fully saturated rings. The van der Waals surface area contributed by atoms with Crippen LogP contribution in [-0.4, -0.2) is 28.3 Å². The van der Waals surface area contributed by atoms with Crippen molar-refractivity contribution < 1.29 is 14.3 Å². The second-order valence-corrected chi connectivity index (χ2v) is 7.45. The molecule has 0 aliphatic heterocycles. The fourth-order valence-electron chi connectivity index (χ4n) is 2.64. The average molecular weight is 377 g/mol. The Bertz CT molecular complexity index is 938. The molecule has 3 aromatic rings. The molecule has 0 saturated heterocycles. The van der Waals surface area contributed by atoms with E-state index in [1.54, 1.807) is 35.1 Å². The van der Waals surface area contributed by atoms with Crippen LogP contribution in [-0.2, 0) is 14.9 Å². The van der Waals surface area contributed by atoms with Gasteiger partial charge in [-0.2, -0.15) is 5.10 Å². The molecule has 6 nitrogen and oxygen atoms in total. The van der Waals surface area contributed by atoms with Gasteiger partial charge in [-0.25, -0.2) is 9.48 Å². The molecule has 1 heterocycles. The molecule has 28 heavy (non-hydrogen) atoms. The van der Waals surface area contributed by atoms with Gasteiger partial charge < -0.3 is 10.1 Å². The Hall–Kier alpha value is -3.41. The van der Waals surface area contributed by atoms with Gasteiger partial charge in [0.25, 0.3) is 5.91 Å². The summed E-state index contributed by atoms with van der Waals surface area (Å²) in [7, 11) is 0. The van der Waals surface area contributed by atoms with Crippen molar-refractivity contribution in [2.75, 3.05) is 11.9 Å². The second-order valence-electron chi connectivity index (χ2n) is 7.45. The first-order valence-corrected chi connectivity index (χ1v) is 9.00. The largest absolute Gasteiger partial charge is 0.452 e. The topological polar surface area (TPSA) is 73.2 Å². The predicted octanol–water partition coefficient (Wildman–Crippen LogP) is 3.97. The third kappa shape index (κ3) is 4.85. The van der Waals surface area contributed by atoms with Crippen LogP contribution in [0.3, 0.4) is 0 Å². The van der Waals surface area contributed by atoms with Crippen LogP contribution in [0.15, 0.2) is 67.0 Å². The number of rotatable bonds is 5. The van der Waals surface area contributed by atoms with Crippen molar-refractivity contribution in [3.63, 3.8) is 0 Å². The normalized spacial score (nSPS) is 11.1. The molecule has 0 radical (unpaired) electrons. The molecule has 0 spiro atoms. The number of hydrogen-bond donors (Lipinski definition) is 1. The van der Waals surface area contributed by atoms with E-state index < -0.39 is 5.97 Å². The number of benzene rings is 2. The molecule has 3 rings (SSSR count). The van der Waals surface area contributed by atoms with Gasteiger partial charge in [0.05, 0.1) is 11.3 Å². The number of hydrogen-bond acceptors (Lipinski definition) is 4. The Labute approximate surface area is 164 Å². The van der Waals surface area contributed by atoms with Gasteiger partial charge in [0, 0.05) is 18.1 Å². The van der Waals surface area contributed by atoms with Crippen LogP contribution in [0.2, 0.25) is 0 Å². The maximum absolute atomic E-state index is 12.1. The van der Waals surface area contributed by atoms with Gasteiger partial charge in [0.1, 0.15) is 0 Å². The van der Waals surface area contributed by atoms with Gasteiger partial charge in [0.15, 0.2) is 6.61 Å². The van der Waals surface area contributed by atoms with E-state index >= 15 is 0 Å². The lowest BCUT2D eigenvalue weighted by molar-refractivity contribution is -0.119. The second kappa shape index (κ2) is 8.08. The Morgan fingerprint density at radius 2 is 1.71 bits per heavy atom. The first-order chi connectivity index (χ1) is 13.3. The summed E-state index contributed by atoms with van der Waals surface area (Å²) in [4.78, 5) is 24.2. The smallest absolute Gasteiger partial charge is 0.338 e. The van der Waals surface area contributed by atoms with Crippen LogP contribution >= 0.6 is 0 Å². The quantitative estimate of drug-likeness (QED) is 0.683. The number of nitrogens with zero attached hydrogens (tertiary/aromatic N) is 2. The SMILES string of the molecule is CC(C)(C)c1ccc(NC(=O)COC(=O)c2ccc(-n3cccn3)cc2)cc1. The van der Waals surface area contributed by atoms with Crippen molar-refractivity contribution in [1.29, 1.82) is 0 Å². The molecule has 6 heteroatoms. The molecule has 0 saturated carbocycles.